The second-order valence-electron chi connectivity index (χ2n) is 4.39. The van der Waals surface area contributed by atoms with Crippen LogP contribution in [-0.4, -0.2) is 6.21 Å². The second-order valence-corrected chi connectivity index (χ2v) is 4.39. The number of hydrogen-bond acceptors (Lipinski definition) is 1. The van der Waals surface area contributed by atoms with E-state index in [-0.39, 0.29) is 0 Å². The van der Waals surface area contributed by atoms with E-state index >= 15 is 0 Å². The smallest absolute Gasteiger partial charge is 0.0661 e. The predicted molar refractivity (Wildman–Crippen MR) is 74.3 cm³/mol. The molecule has 0 N–H and O–H groups in total. The van der Waals surface area contributed by atoms with Gasteiger partial charge in [0, 0.05) is 6.21 Å². The maximum absolute atomic E-state index is 4.54. The highest BCUT2D eigenvalue weighted by Gasteiger charge is 1.97. The van der Waals surface area contributed by atoms with Crippen molar-refractivity contribution in [2.24, 2.45) is 4.99 Å². The first-order chi connectivity index (χ1) is 8.16. The molecule has 0 atom stereocenters. The first-order valence-corrected chi connectivity index (χ1v) is 5.84. The summed E-state index contributed by atoms with van der Waals surface area (Å²) in [6.45, 7) is 6.31. The van der Waals surface area contributed by atoms with E-state index in [1.807, 2.05) is 18.3 Å². The van der Waals surface area contributed by atoms with Crippen LogP contribution in [0.5, 0.6) is 0 Å². The molecule has 0 spiro atoms. The number of aryl methyl sites for hydroxylation is 2. The lowest BCUT2D eigenvalue weighted by Gasteiger charge is -2.03. The molecule has 0 aliphatic carbocycles. The van der Waals surface area contributed by atoms with Crippen LogP contribution in [0.3, 0.4) is 0 Å². The van der Waals surface area contributed by atoms with E-state index in [2.05, 4.69) is 56.1 Å². The van der Waals surface area contributed by atoms with Crippen LogP contribution in [-0.2, 0) is 0 Å². The molecule has 17 heavy (non-hydrogen) atoms. The van der Waals surface area contributed by atoms with Crippen LogP contribution in [0.2, 0.25) is 0 Å². The number of rotatable bonds is 2. The van der Waals surface area contributed by atoms with Gasteiger partial charge in [0.05, 0.1) is 5.69 Å². The molecule has 2 rings (SSSR count). The fourth-order valence-corrected chi connectivity index (χ4v) is 1.67. The summed E-state index contributed by atoms with van der Waals surface area (Å²) < 4.78 is 0. The van der Waals surface area contributed by atoms with Crippen molar-refractivity contribution < 1.29 is 0 Å². The monoisotopic (exact) mass is 223 g/mol. The van der Waals surface area contributed by atoms with Gasteiger partial charge in [-0.25, -0.2) is 0 Å². The highest BCUT2D eigenvalue weighted by molar-refractivity contribution is 5.82. The third-order valence-corrected chi connectivity index (χ3v) is 3.01. The Bertz CT molecular complexity index is 536. The Hall–Kier alpha value is -1.89. The molecule has 1 heteroatoms. The Morgan fingerprint density at radius 3 is 2.29 bits per heavy atom. The molecule has 0 aromatic heterocycles. The molecule has 0 aliphatic heterocycles. The fourth-order valence-electron chi connectivity index (χ4n) is 1.67. The summed E-state index contributed by atoms with van der Waals surface area (Å²) in [5.41, 5.74) is 5.98. The molecule has 0 bridgehead atoms. The molecule has 2 aromatic rings. The Kier molecular flexibility index (Phi) is 3.38. The van der Waals surface area contributed by atoms with Crippen LogP contribution in [0.25, 0.3) is 0 Å². The first-order valence-electron chi connectivity index (χ1n) is 5.84. The van der Waals surface area contributed by atoms with Gasteiger partial charge in [0.25, 0.3) is 0 Å². The van der Waals surface area contributed by atoms with Gasteiger partial charge in [-0.1, -0.05) is 42.0 Å². The Morgan fingerprint density at radius 1 is 0.882 bits per heavy atom. The van der Waals surface area contributed by atoms with E-state index in [9.17, 15) is 0 Å². The summed E-state index contributed by atoms with van der Waals surface area (Å²) in [5.74, 6) is 0. The largest absolute Gasteiger partial charge is 0.256 e. The molecule has 0 radical (unpaired) electrons. The van der Waals surface area contributed by atoms with Crippen molar-refractivity contribution in [2.45, 2.75) is 20.8 Å². The van der Waals surface area contributed by atoms with Gasteiger partial charge in [-0.3, -0.25) is 4.99 Å². The van der Waals surface area contributed by atoms with Crippen molar-refractivity contribution in [1.82, 2.24) is 0 Å². The van der Waals surface area contributed by atoms with Crippen LogP contribution >= 0.6 is 0 Å². The highest BCUT2D eigenvalue weighted by Crippen LogP contribution is 2.20. The molecule has 2 aromatic carbocycles. The summed E-state index contributed by atoms with van der Waals surface area (Å²) in [4.78, 5) is 4.54. The van der Waals surface area contributed by atoms with Crippen LogP contribution < -0.4 is 0 Å². The molecule has 86 valence electrons. The average Bonchev–Trinajstić information content (AvgIpc) is 2.33. The van der Waals surface area contributed by atoms with Gasteiger partial charge < -0.3 is 0 Å². The maximum Gasteiger partial charge on any atom is 0.0661 e. The molecule has 0 saturated carbocycles. The van der Waals surface area contributed by atoms with Gasteiger partial charge in [-0.05, 0) is 43.5 Å². The zero-order valence-corrected chi connectivity index (χ0v) is 10.6. The zero-order chi connectivity index (χ0) is 12.3. The molecule has 0 fully saturated rings. The van der Waals surface area contributed by atoms with Crippen LogP contribution in [0.1, 0.15) is 22.3 Å². The van der Waals surface area contributed by atoms with E-state index in [0.29, 0.717) is 0 Å². The van der Waals surface area contributed by atoms with Gasteiger partial charge >= 0.3 is 0 Å². The third-order valence-electron chi connectivity index (χ3n) is 3.01. The van der Waals surface area contributed by atoms with Crippen molar-refractivity contribution in [3.8, 4) is 0 Å². The van der Waals surface area contributed by atoms with Crippen LogP contribution in [0.4, 0.5) is 5.69 Å². The van der Waals surface area contributed by atoms with Gasteiger partial charge in [0.2, 0.25) is 0 Å². The lowest BCUT2D eigenvalue weighted by molar-refractivity contribution is 1.31. The highest BCUT2D eigenvalue weighted by atomic mass is 14.7. The molecule has 1 nitrogen and oxygen atoms in total. The van der Waals surface area contributed by atoms with E-state index in [1.54, 1.807) is 0 Å². The quantitative estimate of drug-likeness (QED) is 0.671. The minimum atomic E-state index is 1.05. The second kappa shape index (κ2) is 4.96. The topological polar surface area (TPSA) is 12.4 Å². The molecular weight excluding hydrogens is 206 g/mol. The van der Waals surface area contributed by atoms with Gasteiger partial charge in [-0.2, -0.15) is 0 Å². The van der Waals surface area contributed by atoms with Crippen molar-refractivity contribution in [3.63, 3.8) is 0 Å². The van der Waals surface area contributed by atoms with Crippen LogP contribution in [0, 0.1) is 20.8 Å². The molecule has 0 saturated heterocycles. The first kappa shape index (κ1) is 11.6. The molecule has 0 unspecified atom stereocenters. The summed E-state index contributed by atoms with van der Waals surface area (Å²) in [6.07, 6.45) is 1.92. The van der Waals surface area contributed by atoms with Gasteiger partial charge in [0.1, 0.15) is 0 Å². The summed E-state index contributed by atoms with van der Waals surface area (Å²) in [6, 6.07) is 14.6. The maximum atomic E-state index is 4.54. The van der Waals surface area contributed by atoms with Gasteiger partial charge in [0.15, 0.2) is 0 Å². The Labute approximate surface area is 103 Å². The molecule has 0 heterocycles. The van der Waals surface area contributed by atoms with Crippen molar-refractivity contribution in [3.05, 3.63) is 64.7 Å². The van der Waals surface area contributed by atoms with Crippen molar-refractivity contribution in [2.75, 3.05) is 0 Å². The zero-order valence-electron chi connectivity index (χ0n) is 10.6. The van der Waals surface area contributed by atoms with E-state index in [0.717, 1.165) is 11.3 Å². The number of nitrogens with zero attached hydrogens (tertiary/aromatic N) is 1. The standard InChI is InChI=1S/C16H17N/c1-12-7-9-15(10-8-12)11-17-16-6-4-5-13(2)14(16)3/h4-11H,1-3H3. The van der Waals surface area contributed by atoms with Crippen molar-refractivity contribution >= 4 is 11.9 Å². The van der Waals surface area contributed by atoms with Crippen molar-refractivity contribution in [1.29, 1.82) is 0 Å². The average molecular weight is 223 g/mol. The SMILES string of the molecule is Cc1ccc(C=Nc2cccc(C)c2C)cc1. The minimum Gasteiger partial charge on any atom is -0.256 e. The van der Waals surface area contributed by atoms with E-state index < -0.39 is 0 Å². The summed E-state index contributed by atoms with van der Waals surface area (Å²) >= 11 is 0. The lowest BCUT2D eigenvalue weighted by atomic mass is 10.1. The summed E-state index contributed by atoms with van der Waals surface area (Å²) in [5, 5.41) is 0. The fraction of sp³-hybridized carbons (Fsp3) is 0.188. The third kappa shape index (κ3) is 2.82. The molecule has 0 amide bonds. The lowest BCUT2D eigenvalue weighted by Crippen LogP contribution is -1.83. The van der Waals surface area contributed by atoms with E-state index in [4.69, 9.17) is 0 Å². The normalized spacial score (nSPS) is 11.0. The number of aliphatic imine (C=N–C) groups is 1. The number of hydrogen-bond donors (Lipinski definition) is 0. The Balaban J connectivity index is 2.26. The predicted octanol–water partition coefficient (Wildman–Crippen LogP) is 4.36. The van der Waals surface area contributed by atoms with Crippen LogP contribution in [0.15, 0.2) is 47.5 Å². The Morgan fingerprint density at radius 2 is 1.59 bits per heavy atom. The number of benzene rings is 2. The summed E-state index contributed by atoms with van der Waals surface area (Å²) in [7, 11) is 0. The molecular formula is C16H17N. The minimum absolute atomic E-state index is 1.05. The van der Waals surface area contributed by atoms with E-state index in [1.165, 1.54) is 16.7 Å². The van der Waals surface area contributed by atoms with Gasteiger partial charge in [-0.15, -0.1) is 0 Å². The molecule has 0 aliphatic rings.